The van der Waals surface area contributed by atoms with Gasteiger partial charge in [-0.3, -0.25) is 10.1 Å². The second-order valence-electron chi connectivity index (χ2n) is 7.91. The van der Waals surface area contributed by atoms with Gasteiger partial charge in [-0.25, -0.2) is 4.98 Å². The van der Waals surface area contributed by atoms with Crippen LogP contribution in [-0.4, -0.2) is 16.0 Å². The van der Waals surface area contributed by atoms with Crippen LogP contribution in [0.5, 0.6) is 0 Å². The Bertz CT molecular complexity index is 1730. The van der Waals surface area contributed by atoms with E-state index in [2.05, 4.69) is 15.6 Å². The molecule has 5 rings (SSSR count). The van der Waals surface area contributed by atoms with Gasteiger partial charge in [-0.1, -0.05) is 52.5 Å². The number of nitrogens with one attached hydrogen (secondary N) is 2. The van der Waals surface area contributed by atoms with Crippen molar-refractivity contribution in [3.63, 3.8) is 0 Å². The molecule has 0 unspecified atom stereocenters. The molecule has 0 bridgehead atoms. The summed E-state index contributed by atoms with van der Waals surface area (Å²) in [5, 5.41) is 7.32. The summed E-state index contributed by atoms with van der Waals surface area (Å²) < 4.78 is 11.6. The fraction of sp³-hybridized carbons (Fsp3) is 0. The van der Waals surface area contributed by atoms with E-state index in [9.17, 15) is 4.79 Å². The number of furan rings is 1. The molecule has 5 aromatic rings. The van der Waals surface area contributed by atoms with Crippen LogP contribution in [-0.2, 0) is 4.79 Å². The predicted octanol–water partition coefficient (Wildman–Crippen LogP) is 8.89. The Balaban J connectivity index is 1.21. The highest BCUT2D eigenvalue weighted by atomic mass is 35.5. The molecule has 0 fully saturated rings. The summed E-state index contributed by atoms with van der Waals surface area (Å²) in [7, 11) is 0. The lowest BCUT2D eigenvalue weighted by Crippen LogP contribution is -2.32. The van der Waals surface area contributed by atoms with Gasteiger partial charge in [0.2, 0.25) is 11.8 Å². The fourth-order valence-electron chi connectivity index (χ4n) is 3.51. The average molecular weight is 603 g/mol. The molecule has 190 valence electrons. The first-order valence-corrected chi connectivity index (χ1v) is 12.9. The Hall–Kier alpha value is -3.33. The van der Waals surface area contributed by atoms with Gasteiger partial charge in [0.1, 0.15) is 17.0 Å². The Kier molecular flexibility index (Phi) is 7.74. The van der Waals surface area contributed by atoms with E-state index in [1.54, 1.807) is 66.7 Å². The van der Waals surface area contributed by atoms with Crippen LogP contribution in [0.4, 0.5) is 5.69 Å². The summed E-state index contributed by atoms with van der Waals surface area (Å²) in [6, 6.07) is 19.1. The second-order valence-corrected chi connectivity index (χ2v) is 9.92. The Morgan fingerprint density at radius 3 is 2.55 bits per heavy atom. The highest BCUT2D eigenvalue weighted by Gasteiger charge is 2.12. The molecule has 0 saturated carbocycles. The molecule has 1 amide bonds. The van der Waals surface area contributed by atoms with Crippen molar-refractivity contribution < 1.29 is 13.6 Å². The number of hydrogen-bond donors (Lipinski definition) is 2. The van der Waals surface area contributed by atoms with Gasteiger partial charge in [0.15, 0.2) is 10.7 Å². The van der Waals surface area contributed by atoms with E-state index in [0.717, 1.165) is 0 Å². The second kappa shape index (κ2) is 11.2. The molecule has 38 heavy (non-hydrogen) atoms. The minimum atomic E-state index is -0.439. The Morgan fingerprint density at radius 1 is 0.895 bits per heavy atom. The summed E-state index contributed by atoms with van der Waals surface area (Å²) >= 11 is 29.7. The van der Waals surface area contributed by atoms with Crippen LogP contribution in [0.2, 0.25) is 20.1 Å². The van der Waals surface area contributed by atoms with Crippen molar-refractivity contribution in [2.45, 2.75) is 0 Å². The SMILES string of the molecule is O=C(C=Cc1ccc(-c2cccc(Cl)c2Cl)o1)NC(=S)Nc1ccc2oc(-c3ccc(Cl)c(Cl)c3)nc2c1. The zero-order chi connectivity index (χ0) is 26.8. The van der Waals surface area contributed by atoms with Crippen molar-refractivity contribution in [3.8, 4) is 22.8 Å². The quantitative estimate of drug-likeness (QED) is 0.154. The molecular formula is C27H15Cl4N3O3S. The van der Waals surface area contributed by atoms with Crippen molar-refractivity contribution >= 4 is 92.5 Å². The van der Waals surface area contributed by atoms with E-state index >= 15 is 0 Å². The standard InChI is InChI=1S/C27H15Cl4N3O3S/c28-18-8-4-14(12-20(18)30)26-33-21-13-15(5-9-23(21)37-26)32-27(38)34-24(35)11-7-16-6-10-22(36-16)17-2-1-3-19(29)25(17)31/h1-13H,(H2,32,34,35,38). The number of fused-ring (bicyclic) bond motifs is 1. The molecule has 0 aliphatic carbocycles. The van der Waals surface area contributed by atoms with Crippen molar-refractivity contribution in [2.24, 2.45) is 0 Å². The minimum absolute atomic E-state index is 0.109. The van der Waals surface area contributed by atoms with Gasteiger partial charge in [0.05, 0.1) is 20.1 Å². The molecule has 3 aromatic carbocycles. The van der Waals surface area contributed by atoms with Gasteiger partial charge in [-0.2, -0.15) is 0 Å². The lowest BCUT2D eigenvalue weighted by molar-refractivity contribution is -0.115. The number of carbonyl (C=O) groups excluding carboxylic acids is 1. The number of carbonyl (C=O) groups is 1. The number of oxazole rings is 1. The van der Waals surface area contributed by atoms with Gasteiger partial charge < -0.3 is 14.2 Å². The number of halogens is 4. The Labute approximate surface area is 242 Å². The summed E-state index contributed by atoms with van der Waals surface area (Å²) in [6.07, 6.45) is 2.83. The highest BCUT2D eigenvalue weighted by molar-refractivity contribution is 7.80. The van der Waals surface area contributed by atoms with E-state index in [1.807, 2.05) is 0 Å². The average Bonchev–Trinajstić information content (AvgIpc) is 3.53. The van der Waals surface area contributed by atoms with Gasteiger partial charge >= 0.3 is 0 Å². The van der Waals surface area contributed by atoms with Crippen LogP contribution >= 0.6 is 58.6 Å². The first kappa shape index (κ1) is 26.3. The fourth-order valence-corrected chi connectivity index (χ4v) is 4.42. The first-order valence-electron chi connectivity index (χ1n) is 11.0. The monoisotopic (exact) mass is 601 g/mol. The van der Waals surface area contributed by atoms with Crippen LogP contribution in [0, 0.1) is 0 Å². The Morgan fingerprint density at radius 2 is 1.74 bits per heavy atom. The summed E-state index contributed by atoms with van der Waals surface area (Å²) in [5.41, 5.74) is 3.14. The summed E-state index contributed by atoms with van der Waals surface area (Å²) in [5.74, 6) is 0.945. The maximum absolute atomic E-state index is 12.4. The lowest BCUT2D eigenvalue weighted by atomic mass is 10.2. The minimum Gasteiger partial charge on any atom is -0.457 e. The number of nitrogens with zero attached hydrogens (tertiary/aromatic N) is 1. The zero-order valence-electron chi connectivity index (χ0n) is 19.1. The third kappa shape index (κ3) is 5.88. The largest absolute Gasteiger partial charge is 0.457 e. The van der Waals surface area contributed by atoms with Crippen LogP contribution in [0.25, 0.3) is 40.0 Å². The molecule has 0 atom stereocenters. The van der Waals surface area contributed by atoms with E-state index in [0.29, 0.717) is 65.4 Å². The number of anilines is 1. The molecule has 0 saturated heterocycles. The number of thiocarbonyl (C=S) groups is 1. The molecule has 0 radical (unpaired) electrons. The van der Waals surface area contributed by atoms with Crippen molar-refractivity contribution in [2.75, 3.05) is 5.32 Å². The molecule has 2 heterocycles. The number of rotatable bonds is 5. The molecule has 2 aromatic heterocycles. The molecule has 11 heteroatoms. The van der Waals surface area contributed by atoms with Gasteiger partial charge in [-0.15, -0.1) is 0 Å². The van der Waals surface area contributed by atoms with Crippen LogP contribution < -0.4 is 10.6 Å². The number of benzene rings is 3. The molecule has 0 spiro atoms. The predicted molar refractivity (Wildman–Crippen MR) is 157 cm³/mol. The maximum atomic E-state index is 12.4. The van der Waals surface area contributed by atoms with E-state index in [1.165, 1.54) is 12.2 Å². The van der Waals surface area contributed by atoms with E-state index in [4.69, 9.17) is 67.5 Å². The number of hydrogen-bond acceptors (Lipinski definition) is 5. The maximum Gasteiger partial charge on any atom is 0.250 e. The molecule has 2 N–H and O–H groups in total. The van der Waals surface area contributed by atoms with Crippen LogP contribution in [0.15, 0.2) is 81.6 Å². The summed E-state index contributed by atoms with van der Waals surface area (Å²) in [6.45, 7) is 0. The third-order valence-electron chi connectivity index (χ3n) is 5.29. The van der Waals surface area contributed by atoms with E-state index in [-0.39, 0.29) is 5.11 Å². The van der Waals surface area contributed by atoms with Gasteiger partial charge in [-0.05, 0) is 79.0 Å². The molecule has 0 aliphatic rings. The molecule has 0 aliphatic heterocycles. The van der Waals surface area contributed by atoms with E-state index < -0.39 is 5.91 Å². The van der Waals surface area contributed by atoms with Crippen molar-refractivity contribution in [3.05, 3.63) is 98.7 Å². The number of amides is 1. The van der Waals surface area contributed by atoms with Crippen LogP contribution in [0.3, 0.4) is 0 Å². The van der Waals surface area contributed by atoms with Crippen molar-refractivity contribution in [1.29, 1.82) is 0 Å². The number of aromatic nitrogens is 1. The summed E-state index contributed by atoms with van der Waals surface area (Å²) in [4.78, 5) is 16.9. The topological polar surface area (TPSA) is 80.3 Å². The first-order chi connectivity index (χ1) is 18.3. The van der Waals surface area contributed by atoms with Gasteiger partial charge in [0.25, 0.3) is 0 Å². The van der Waals surface area contributed by atoms with Gasteiger partial charge in [0, 0.05) is 22.9 Å². The smallest absolute Gasteiger partial charge is 0.250 e. The normalized spacial score (nSPS) is 11.3. The van der Waals surface area contributed by atoms with Crippen LogP contribution in [0.1, 0.15) is 5.76 Å². The zero-order valence-corrected chi connectivity index (χ0v) is 22.9. The molecule has 6 nitrogen and oxygen atoms in total. The molecular weight excluding hydrogens is 588 g/mol. The third-order valence-corrected chi connectivity index (χ3v) is 7.05. The highest BCUT2D eigenvalue weighted by Crippen LogP contribution is 2.34. The lowest BCUT2D eigenvalue weighted by Gasteiger charge is -2.07. The van der Waals surface area contributed by atoms with Crippen molar-refractivity contribution in [1.82, 2.24) is 10.3 Å².